The van der Waals surface area contributed by atoms with Gasteiger partial charge in [0.1, 0.15) is 5.75 Å². The minimum absolute atomic E-state index is 0.0890. The number of methoxy groups -OCH3 is 1. The molecule has 0 bridgehead atoms. The molecule has 0 saturated heterocycles. The Balaban J connectivity index is 2.07. The Morgan fingerprint density at radius 1 is 1.13 bits per heavy atom. The Kier molecular flexibility index (Phi) is 5.30. The molecule has 0 radical (unpaired) electrons. The Bertz CT molecular complexity index is 711. The highest BCUT2D eigenvalue weighted by atomic mass is 16.6. The van der Waals surface area contributed by atoms with Crippen molar-refractivity contribution in [2.45, 2.75) is 19.8 Å². The van der Waals surface area contributed by atoms with Crippen LogP contribution in [-0.2, 0) is 17.6 Å². The molecule has 0 aliphatic carbocycles. The number of nitro groups is 1. The monoisotopic (exact) mass is 314 g/mol. The topological polar surface area (TPSA) is 81.5 Å². The van der Waals surface area contributed by atoms with Crippen molar-refractivity contribution >= 4 is 17.3 Å². The summed E-state index contributed by atoms with van der Waals surface area (Å²) in [5, 5.41) is 13.4. The van der Waals surface area contributed by atoms with Crippen molar-refractivity contribution in [3.63, 3.8) is 0 Å². The quantitative estimate of drug-likeness (QED) is 0.655. The smallest absolute Gasteiger partial charge is 0.269 e. The van der Waals surface area contributed by atoms with Crippen molar-refractivity contribution in [2.75, 3.05) is 12.4 Å². The highest BCUT2D eigenvalue weighted by Crippen LogP contribution is 2.26. The van der Waals surface area contributed by atoms with E-state index in [2.05, 4.69) is 5.32 Å². The van der Waals surface area contributed by atoms with E-state index < -0.39 is 4.92 Å². The number of hydrogen-bond donors (Lipinski definition) is 1. The summed E-state index contributed by atoms with van der Waals surface area (Å²) in [5.41, 5.74) is 2.80. The first kappa shape index (κ1) is 16.5. The van der Waals surface area contributed by atoms with E-state index in [1.54, 1.807) is 19.2 Å². The van der Waals surface area contributed by atoms with Gasteiger partial charge in [0.2, 0.25) is 5.91 Å². The largest absolute Gasteiger partial charge is 0.495 e. The van der Waals surface area contributed by atoms with Crippen LogP contribution in [0.15, 0.2) is 42.5 Å². The van der Waals surface area contributed by atoms with Gasteiger partial charge < -0.3 is 10.1 Å². The number of non-ortho nitro benzene ring substituents is 1. The predicted octanol–water partition coefficient (Wildman–Crippen LogP) is 3.35. The second kappa shape index (κ2) is 7.40. The molecule has 23 heavy (non-hydrogen) atoms. The molecule has 6 heteroatoms. The van der Waals surface area contributed by atoms with Crippen LogP contribution >= 0.6 is 0 Å². The average molecular weight is 314 g/mol. The third kappa shape index (κ3) is 4.54. The zero-order valence-corrected chi connectivity index (χ0v) is 13.0. The normalized spacial score (nSPS) is 10.2. The molecule has 0 aromatic heterocycles. The number of anilines is 1. The van der Waals surface area contributed by atoms with Crippen molar-refractivity contribution in [3.8, 4) is 5.75 Å². The van der Waals surface area contributed by atoms with E-state index in [9.17, 15) is 14.9 Å². The zero-order valence-electron chi connectivity index (χ0n) is 13.0. The van der Waals surface area contributed by atoms with E-state index in [0.29, 0.717) is 11.4 Å². The Morgan fingerprint density at radius 2 is 1.74 bits per heavy atom. The molecule has 2 rings (SSSR count). The first-order chi connectivity index (χ1) is 11.0. The van der Waals surface area contributed by atoms with Crippen molar-refractivity contribution < 1.29 is 14.5 Å². The average Bonchev–Trinajstić information content (AvgIpc) is 2.53. The number of nitrogens with zero attached hydrogens (tertiary/aromatic N) is 1. The molecule has 0 atom stereocenters. The van der Waals surface area contributed by atoms with Crippen LogP contribution in [0.25, 0.3) is 0 Å². The van der Waals surface area contributed by atoms with Gasteiger partial charge in [-0.15, -0.1) is 0 Å². The summed E-state index contributed by atoms with van der Waals surface area (Å²) in [4.78, 5) is 21.5. The second-order valence-electron chi connectivity index (χ2n) is 5.14. The van der Waals surface area contributed by atoms with Gasteiger partial charge in [0.05, 0.1) is 17.7 Å². The lowest BCUT2D eigenvalue weighted by Gasteiger charge is -2.11. The van der Waals surface area contributed by atoms with Crippen LogP contribution in [-0.4, -0.2) is 17.9 Å². The molecule has 0 fully saturated rings. The molecule has 1 amide bonds. The molecule has 6 nitrogen and oxygen atoms in total. The molecule has 0 heterocycles. The van der Waals surface area contributed by atoms with Crippen molar-refractivity contribution in [1.29, 1.82) is 0 Å². The van der Waals surface area contributed by atoms with Gasteiger partial charge in [0, 0.05) is 19.1 Å². The summed E-state index contributed by atoms with van der Waals surface area (Å²) in [6.45, 7) is 1.45. The van der Waals surface area contributed by atoms with Gasteiger partial charge in [-0.1, -0.05) is 18.2 Å². The molecule has 0 aliphatic heterocycles. The lowest BCUT2D eigenvalue weighted by molar-refractivity contribution is -0.384. The minimum atomic E-state index is -0.410. The first-order valence-corrected chi connectivity index (χ1v) is 7.17. The van der Waals surface area contributed by atoms with Gasteiger partial charge in [-0.05, 0) is 36.1 Å². The molecule has 0 unspecified atom stereocenters. The fourth-order valence-corrected chi connectivity index (χ4v) is 2.27. The molecule has 2 aromatic rings. The van der Waals surface area contributed by atoms with E-state index in [4.69, 9.17) is 4.74 Å². The summed E-state index contributed by atoms with van der Waals surface area (Å²) >= 11 is 0. The van der Waals surface area contributed by atoms with Gasteiger partial charge in [-0.3, -0.25) is 14.9 Å². The summed E-state index contributed by atoms with van der Waals surface area (Å²) < 4.78 is 5.22. The van der Waals surface area contributed by atoms with Gasteiger partial charge in [-0.25, -0.2) is 0 Å². The standard InChI is InChI=1S/C17H18N2O4/c1-12(20)18-16-11-14(7-10-17(16)23-2)4-3-13-5-8-15(9-6-13)19(21)22/h5-11H,3-4H2,1-2H3,(H,18,20). The van der Waals surface area contributed by atoms with Crippen LogP contribution < -0.4 is 10.1 Å². The van der Waals surface area contributed by atoms with E-state index in [1.165, 1.54) is 19.1 Å². The predicted molar refractivity (Wildman–Crippen MR) is 87.8 cm³/mol. The number of carbonyl (C=O) groups excluding carboxylic acids is 1. The number of amides is 1. The number of nitro benzene ring substituents is 1. The minimum Gasteiger partial charge on any atom is -0.495 e. The Hall–Kier alpha value is -2.89. The highest BCUT2D eigenvalue weighted by molar-refractivity contribution is 5.90. The SMILES string of the molecule is COc1ccc(CCc2ccc([N+](=O)[O-])cc2)cc1NC(C)=O. The van der Waals surface area contributed by atoms with Crippen molar-refractivity contribution in [3.05, 3.63) is 63.7 Å². The van der Waals surface area contributed by atoms with Crippen LogP contribution in [0.2, 0.25) is 0 Å². The third-order valence-corrected chi connectivity index (χ3v) is 3.42. The molecule has 0 spiro atoms. The fraction of sp³-hybridized carbons (Fsp3) is 0.235. The third-order valence-electron chi connectivity index (χ3n) is 3.42. The van der Waals surface area contributed by atoms with Crippen LogP contribution in [0.5, 0.6) is 5.75 Å². The summed E-state index contributed by atoms with van der Waals surface area (Å²) in [5.74, 6) is 0.454. The fourth-order valence-electron chi connectivity index (χ4n) is 2.27. The van der Waals surface area contributed by atoms with Gasteiger partial charge in [-0.2, -0.15) is 0 Å². The van der Waals surface area contributed by atoms with Gasteiger partial charge >= 0.3 is 0 Å². The molecule has 120 valence electrons. The lowest BCUT2D eigenvalue weighted by atomic mass is 10.0. The summed E-state index contributed by atoms with van der Waals surface area (Å²) in [6.07, 6.45) is 1.51. The maximum Gasteiger partial charge on any atom is 0.269 e. The van der Waals surface area contributed by atoms with Crippen molar-refractivity contribution in [2.24, 2.45) is 0 Å². The molecular weight excluding hydrogens is 296 g/mol. The number of ether oxygens (including phenoxy) is 1. The van der Waals surface area contributed by atoms with Crippen LogP contribution in [0.3, 0.4) is 0 Å². The maximum absolute atomic E-state index is 11.2. The van der Waals surface area contributed by atoms with Crippen LogP contribution in [0.1, 0.15) is 18.1 Å². The maximum atomic E-state index is 11.2. The van der Waals surface area contributed by atoms with E-state index in [1.807, 2.05) is 18.2 Å². The number of aryl methyl sites for hydroxylation is 2. The first-order valence-electron chi connectivity index (χ1n) is 7.17. The molecule has 0 aliphatic rings. The van der Waals surface area contributed by atoms with Crippen LogP contribution in [0, 0.1) is 10.1 Å². The van der Waals surface area contributed by atoms with E-state index in [0.717, 1.165) is 24.0 Å². The Morgan fingerprint density at radius 3 is 2.30 bits per heavy atom. The number of carbonyl (C=O) groups is 1. The summed E-state index contributed by atoms with van der Waals surface area (Å²) in [7, 11) is 1.55. The molecular formula is C17H18N2O4. The molecule has 1 N–H and O–H groups in total. The van der Waals surface area contributed by atoms with E-state index in [-0.39, 0.29) is 11.6 Å². The zero-order chi connectivity index (χ0) is 16.8. The number of benzene rings is 2. The molecule has 0 saturated carbocycles. The van der Waals surface area contributed by atoms with Crippen molar-refractivity contribution in [1.82, 2.24) is 0 Å². The van der Waals surface area contributed by atoms with Gasteiger partial charge in [0.25, 0.3) is 5.69 Å². The number of rotatable bonds is 6. The summed E-state index contributed by atoms with van der Waals surface area (Å²) in [6, 6.07) is 12.2. The van der Waals surface area contributed by atoms with Gasteiger partial charge in [0.15, 0.2) is 0 Å². The highest BCUT2D eigenvalue weighted by Gasteiger charge is 2.07. The van der Waals surface area contributed by atoms with E-state index >= 15 is 0 Å². The van der Waals surface area contributed by atoms with Crippen LogP contribution in [0.4, 0.5) is 11.4 Å². The second-order valence-corrected chi connectivity index (χ2v) is 5.14. The number of nitrogens with one attached hydrogen (secondary N) is 1. The number of hydrogen-bond acceptors (Lipinski definition) is 4. The molecule has 2 aromatic carbocycles. The Labute approximate surface area is 134 Å². The lowest BCUT2D eigenvalue weighted by Crippen LogP contribution is -2.07.